The van der Waals surface area contributed by atoms with Crippen molar-refractivity contribution in [2.24, 2.45) is 10.9 Å². The first kappa shape index (κ1) is 16.6. The van der Waals surface area contributed by atoms with E-state index in [1.54, 1.807) is 24.4 Å². The molecule has 0 spiro atoms. The van der Waals surface area contributed by atoms with Gasteiger partial charge in [-0.05, 0) is 44.0 Å². The first-order valence-corrected chi connectivity index (χ1v) is 8.93. The summed E-state index contributed by atoms with van der Waals surface area (Å²) >= 11 is 0. The number of benzene rings is 1. The number of phenolic OH excluding ortho intramolecular Hbond substituents is 1. The number of fused-ring (bicyclic) bond motifs is 4. The predicted octanol–water partition coefficient (Wildman–Crippen LogP) is 3.86. The zero-order valence-electron chi connectivity index (χ0n) is 15.0. The van der Waals surface area contributed by atoms with Crippen molar-refractivity contribution >= 4 is 6.21 Å². The molecule has 1 aromatic heterocycles. The Balaban J connectivity index is 1.94. The largest absolute Gasteiger partial charge is 0.507 e. The minimum absolute atomic E-state index is 0.0775. The maximum Gasteiger partial charge on any atom is 0.248 e. The van der Waals surface area contributed by atoms with Gasteiger partial charge in [0.2, 0.25) is 5.56 Å². The van der Waals surface area contributed by atoms with E-state index in [4.69, 9.17) is 4.99 Å². The van der Waals surface area contributed by atoms with Gasteiger partial charge in [-0.1, -0.05) is 29.9 Å². The van der Waals surface area contributed by atoms with Crippen LogP contribution in [0.15, 0.2) is 69.5 Å². The van der Waals surface area contributed by atoms with Crippen molar-refractivity contribution in [3.8, 4) is 5.75 Å². The van der Waals surface area contributed by atoms with E-state index >= 15 is 0 Å². The van der Waals surface area contributed by atoms with E-state index in [0.717, 1.165) is 24.1 Å². The van der Waals surface area contributed by atoms with E-state index in [9.17, 15) is 9.90 Å². The minimum Gasteiger partial charge on any atom is -0.507 e. The van der Waals surface area contributed by atoms with Gasteiger partial charge in [0.05, 0.1) is 0 Å². The predicted molar refractivity (Wildman–Crippen MR) is 104 cm³/mol. The number of allylic oxidation sites excluding steroid dienone is 2. The van der Waals surface area contributed by atoms with Gasteiger partial charge in [-0.3, -0.25) is 9.79 Å². The van der Waals surface area contributed by atoms with Crippen LogP contribution < -0.4 is 5.56 Å². The highest BCUT2D eigenvalue weighted by atomic mass is 16.3. The lowest BCUT2D eigenvalue weighted by molar-refractivity contribution is 0.413. The Morgan fingerprint density at radius 1 is 1.27 bits per heavy atom. The number of nitrogens with one attached hydrogen (secondary N) is 1. The average Bonchev–Trinajstić information content (AvgIpc) is 2.60. The Morgan fingerprint density at radius 3 is 2.85 bits per heavy atom. The molecule has 2 aliphatic carbocycles. The van der Waals surface area contributed by atoms with Gasteiger partial charge in [-0.25, -0.2) is 0 Å². The Bertz CT molecular complexity index is 1010. The molecule has 2 aromatic rings. The van der Waals surface area contributed by atoms with E-state index in [1.165, 1.54) is 11.1 Å². The van der Waals surface area contributed by atoms with E-state index in [1.807, 2.05) is 18.2 Å². The number of aromatic nitrogens is 1. The third kappa shape index (κ3) is 2.53. The number of hydrogen-bond acceptors (Lipinski definition) is 3. The van der Waals surface area contributed by atoms with Gasteiger partial charge >= 0.3 is 0 Å². The van der Waals surface area contributed by atoms with Crippen LogP contribution in [0.4, 0.5) is 0 Å². The molecule has 0 fully saturated rings. The Hall–Kier alpha value is -2.88. The monoisotopic (exact) mass is 346 g/mol. The highest BCUT2D eigenvalue weighted by Gasteiger charge is 2.46. The van der Waals surface area contributed by atoms with Crippen LogP contribution in [0, 0.1) is 5.92 Å². The first-order valence-electron chi connectivity index (χ1n) is 8.93. The number of aromatic amines is 1. The molecule has 4 rings (SSSR count). The second-order valence-corrected chi connectivity index (χ2v) is 7.14. The maximum atomic E-state index is 11.8. The fraction of sp³-hybridized carbons (Fsp3) is 0.273. The van der Waals surface area contributed by atoms with Crippen LogP contribution in [0.5, 0.6) is 5.75 Å². The van der Waals surface area contributed by atoms with E-state index < -0.39 is 5.54 Å². The first-order chi connectivity index (χ1) is 12.5. The fourth-order valence-corrected chi connectivity index (χ4v) is 4.43. The molecular weight excluding hydrogens is 324 g/mol. The molecule has 132 valence electrons. The molecule has 0 radical (unpaired) electrons. The molecule has 2 atom stereocenters. The molecule has 0 unspecified atom stereocenters. The molecule has 2 N–H and O–H groups in total. The van der Waals surface area contributed by atoms with Crippen molar-refractivity contribution in [3.05, 3.63) is 86.9 Å². The highest BCUT2D eigenvalue weighted by molar-refractivity contribution is 5.84. The lowest BCUT2D eigenvalue weighted by Crippen LogP contribution is -2.40. The maximum absolute atomic E-state index is 11.8. The quantitative estimate of drug-likeness (QED) is 0.640. The number of pyridine rings is 1. The van der Waals surface area contributed by atoms with Crippen molar-refractivity contribution in [1.82, 2.24) is 4.98 Å². The van der Waals surface area contributed by atoms with Crippen LogP contribution in [0.2, 0.25) is 0 Å². The number of hydrogen-bond donors (Lipinski definition) is 2. The summed E-state index contributed by atoms with van der Waals surface area (Å²) in [5.41, 5.74) is 4.66. The average molecular weight is 346 g/mol. The number of aliphatic imine (C=N–C) groups is 1. The number of para-hydroxylation sites is 1. The molecule has 0 saturated carbocycles. The Labute approximate surface area is 152 Å². The summed E-state index contributed by atoms with van der Waals surface area (Å²) in [6.07, 6.45) is 7.76. The van der Waals surface area contributed by atoms with E-state index in [2.05, 4.69) is 31.0 Å². The van der Waals surface area contributed by atoms with Crippen molar-refractivity contribution in [3.63, 3.8) is 0 Å². The van der Waals surface area contributed by atoms with Crippen LogP contribution >= 0.6 is 0 Å². The van der Waals surface area contributed by atoms with Crippen molar-refractivity contribution in [2.75, 3.05) is 0 Å². The number of H-pyrrole nitrogens is 1. The van der Waals surface area contributed by atoms with Gasteiger partial charge in [0.25, 0.3) is 0 Å². The second kappa shape index (κ2) is 6.13. The SMILES string of the molecule is C/C=C1\[C@H]2C=C(C)C[C@]1(N=Cc1ccccc1O)c1ccc(=O)[nH]c1C2. The normalized spacial score (nSPS) is 26.0. The third-order valence-electron chi connectivity index (χ3n) is 5.44. The molecule has 4 heteroatoms. The summed E-state index contributed by atoms with van der Waals surface area (Å²) in [5.74, 6) is 0.452. The molecule has 2 bridgehead atoms. The number of aromatic hydroxyl groups is 1. The molecule has 0 aliphatic heterocycles. The smallest absolute Gasteiger partial charge is 0.248 e. The van der Waals surface area contributed by atoms with Gasteiger partial charge in [-0.15, -0.1) is 0 Å². The highest BCUT2D eigenvalue weighted by Crippen LogP contribution is 2.51. The van der Waals surface area contributed by atoms with Crippen LogP contribution in [0.25, 0.3) is 0 Å². The van der Waals surface area contributed by atoms with E-state index in [0.29, 0.717) is 5.56 Å². The minimum atomic E-state index is -0.529. The van der Waals surface area contributed by atoms with Crippen LogP contribution in [0.3, 0.4) is 0 Å². The van der Waals surface area contributed by atoms with Crippen LogP contribution in [-0.4, -0.2) is 16.3 Å². The Morgan fingerprint density at radius 2 is 2.08 bits per heavy atom. The molecule has 0 saturated heterocycles. The summed E-state index contributed by atoms with van der Waals surface area (Å²) in [6.45, 7) is 4.19. The summed E-state index contributed by atoms with van der Waals surface area (Å²) in [4.78, 5) is 19.9. The lowest BCUT2D eigenvalue weighted by Gasteiger charge is -2.45. The van der Waals surface area contributed by atoms with Gasteiger partial charge in [0.15, 0.2) is 0 Å². The number of phenols is 1. The van der Waals surface area contributed by atoms with Gasteiger partial charge < -0.3 is 10.1 Å². The summed E-state index contributed by atoms with van der Waals surface area (Å²) in [5, 5.41) is 10.1. The molecule has 26 heavy (non-hydrogen) atoms. The Kier molecular flexibility index (Phi) is 3.91. The molecule has 4 nitrogen and oxygen atoms in total. The molecule has 0 amide bonds. The topological polar surface area (TPSA) is 65.5 Å². The zero-order chi connectivity index (χ0) is 18.3. The van der Waals surface area contributed by atoms with Crippen molar-refractivity contribution < 1.29 is 5.11 Å². The number of nitrogens with zero attached hydrogens (tertiary/aromatic N) is 1. The van der Waals surface area contributed by atoms with Crippen LogP contribution in [0.1, 0.15) is 37.1 Å². The van der Waals surface area contributed by atoms with Gasteiger partial charge in [0.1, 0.15) is 11.3 Å². The summed E-state index contributed by atoms with van der Waals surface area (Å²) < 4.78 is 0. The standard InChI is InChI=1S/C22H22N2O2/c1-3-17-16-10-14(2)12-22(17,18-8-9-21(26)24-19(18)11-16)23-13-15-6-4-5-7-20(15)25/h3-10,13,16,25H,11-12H2,1-2H3,(H,24,26)/b17-3+,23-13?/t16-,22+/m0/s1. The third-order valence-corrected chi connectivity index (χ3v) is 5.44. The number of rotatable bonds is 2. The van der Waals surface area contributed by atoms with Crippen LogP contribution in [-0.2, 0) is 12.0 Å². The van der Waals surface area contributed by atoms with E-state index in [-0.39, 0.29) is 17.2 Å². The lowest BCUT2D eigenvalue weighted by atomic mass is 9.63. The van der Waals surface area contributed by atoms with Crippen molar-refractivity contribution in [2.45, 2.75) is 32.2 Å². The molecule has 1 heterocycles. The summed E-state index contributed by atoms with van der Waals surface area (Å²) in [6, 6.07) is 10.7. The van der Waals surface area contributed by atoms with Crippen molar-refractivity contribution in [1.29, 1.82) is 0 Å². The molecule has 1 aromatic carbocycles. The second-order valence-electron chi connectivity index (χ2n) is 7.14. The molecular formula is C22H22N2O2. The fourth-order valence-electron chi connectivity index (χ4n) is 4.43. The van der Waals surface area contributed by atoms with Gasteiger partial charge in [0, 0.05) is 41.4 Å². The summed E-state index contributed by atoms with van der Waals surface area (Å²) in [7, 11) is 0. The zero-order valence-corrected chi connectivity index (χ0v) is 15.0. The molecule has 2 aliphatic rings. The van der Waals surface area contributed by atoms with Gasteiger partial charge in [-0.2, -0.15) is 0 Å².